The van der Waals surface area contributed by atoms with Crippen molar-refractivity contribution in [3.63, 3.8) is 0 Å². The Balaban J connectivity index is 1.43. The molecule has 1 heterocycles. The van der Waals surface area contributed by atoms with E-state index in [1.54, 1.807) is 46.2 Å². The Kier molecular flexibility index (Phi) is 5.00. The molecule has 0 radical (unpaired) electrons. The van der Waals surface area contributed by atoms with Gasteiger partial charge >= 0.3 is 0 Å². The number of carbonyl (C=O) groups excluding carboxylic acids is 2. The molecule has 0 unspecified atom stereocenters. The molecule has 2 fully saturated rings. The third-order valence-corrected chi connectivity index (χ3v) is 5.59. The number of hydrogen-bond donors (Lipinski definition) is 1. The number of methoxy groups -OCH3 is 1. The number of halogens is 1. The largest absolute Gasteiger partial charge is 0.493 e. The van der Waals surface area contributed by atoms with E-state index in [-0.39, 0.29) is 17.6 Å². The summed E-state index contributed by atoms with van der Waals surface area (Å²) in [5.74, 6) is -0.601. The van der Waals surface area contributed by atoms with Crippen LogP contribution in [-0.4, -0.2) is 65.6 Å². The summed E-state index contributed by atoms with van der Waals surface area (Å²) in [6.45, 7) is 1.71. The Morgan fingerprint density at radius 2 is 1.62 bits per heavy atom. The number of nitrogens with zero attached hydrogens (tertiary/aromatic N) is 2. The van der Waals surface area contributed by atoms with Gasteiger partial charge in [0.15, 0.2) is 11.6 Å². The fraction of sp³-hybridized carbons (Fsp3) is 0.364. The summed E-state index contributed by atoms with van der Waals surface area (Å²) in [7, 11) is 1.42. The van der Waals surface area contributed by atoms with Crippen LogP contribution in [0.5, 0.6) is 5.75 Å². The lowest BCUT2D eigenvalue weighted by molar-refractivity contribution is -0.143. The third kappa shape index (κ3) is 3.70. The van der Waals surface area contributed by atoms with Crippen molar-refractivity contribution < 1.29 is 23.8 Å². The van der Waals surface area contributed by atoms with Crippen molar-refractivity contribution >= 4 is 11.8 Å². The van der Waals surface area contributed by atoms with Gasteiger partial charge in [-0.25, -0.2) is 4.39 Å². The zero-order valence-electron chi connectivity index (χ0n) is 16.2. The molecular formula is C22H23FN2O4. The van der Waals surface area contributed by atoms with Gasteiger partial charge in [0.05, 0.1) is 7.11 Å². The van der Waals surface area contributed by atoms with E-state index in [1.165, 1.54) is 13.2 Å². The molecule has 29 heavy (non-hydrogen) atoms. The molecule has 0 bridgehead atoms. The summed E-state index contributed by atoms with van der Waals surface area (Å²) < 4.78 is 19.1. The van der Waals surface area contributed by atoms with E-state index < -0.39 is 11.4 Å². The maximum absolute atomic E-state index is 13.9. The first-order valence-corrected chi connectivity index (χ1v) is 9.67. The van der Waals surface area contributed by atoms with Gasteiger partial charge in [-0.2, -0.15) is 0 Å². The Bertz CT molecular complexity index is 932. The molecule has 1 aliphatic heterocycles. The molecule has 2 aromatic rings. The van der Waals surface area contributed by atoms with E-state index in [4.69, 9.17) is 4.74 Å². The molecular weight excluding hydrogens is 375 g/mol. The smallest absolute Gasteiger partial charge is 0.254 e. The van der Waals surface area contributed by atoms with E-state index in [9.17, 15) is 19.1 Å². The van der Waals surface area contributed by atoms with Crippen LogP contribution in [0.3, 0.4) is 0 Å². The summed E-state index contributed by atoms with van der Waals surface area (Å²) in [4.78, 5) is 28.4. The summed E-state index contributed by atoms with van der Waals surface area (Å²) in [5.41, 5.74) is 0.743. The van der Waals surface area contributed by atoms with Crippen LogP contribution >= 0.6 is 0 Å². The predicted molar refractivity (Wildman–Crippen MR) is 105 cm³/mol. The van der Waals surface area contributed by atoms with Gasteiger partial charge in [-0.3, -0.25) is 9.59 Å². The monoisotopic (exact) mass is 398 g/mol. The SMILES string of the molecule is COc1c(F)cccc1-c1ccc(C(=O)N2CCN(C(=O)C3(O)CC3)CC2)cc1. The predicted octanol–water partition coefficient (Wildman–Crippen LogP) is 2.31. The molecule has 0 spiro atoms. The molecule has 1 saturated heterocycles. The van der Waals surface area contributed by atoms with Crippen molar-refractivity contribution in [3.8, 4) is 16.9 Å². The minimum Gasteiger partial charge on any atom is -0.493 e. The van der Waals surface area contributed by atoms with Crippen molar-refractivity contribution in [1.29, 1.82) is 0 Å². The minimum atomic E-state index is -1.17. The quantitative estimate of drug-likeness (QED) is 0.858. The van der Waals surface area contributed by atoms with Crippen LogP contribution < -0.4 is 4.74 Å². The maximum atomic E-state index is 13.9. The van der Waals surface area contributed by atoms with Gasteiger partial charge < -0.3 is 19.6 Å². The number of benzene rings is 2. The van der Waals surface area contributed by atoms with Gasteiger partial charge in [0.1, 0.15) is 5.60 Å². The summed E-state index contributed by atoms with van der Waals surface area (Å²) in [5, 5.41) is 9.97. The number of piperazine rings is 1. The normalized spacial score (nSPS) is 17.8. The summed E-state index contributed by atoms with van der Waals surface area (Å²) in [6, 6.07) is 11.7. The second kappa shape index (κ2) is 7.48. The van der Waals surface area contributed by atoms with Crippen LogP contribution in [0.1, 0.15) is 23.2 Å². The Morgan fingerprint density at radius 3 is 2.21 bits per heavy atom. The van der Waals surface area contributed by atoms with Crippen LogP contribution in [0.2, 0.25) is 0 Å². The third-order valence-electron chi connectivity index (χ3n) is 5.59. The molecule has 2 aromatic carbocycles. The van der Waals surface area contributed by atoms with E-state index >= 15 is 0 Å². The Morgan fingerprint density at radius 1 is 1.00 bits per heavy atom. The molecule has 1 saturated carbocycles. The first-order valence-electron chi connectivity index (χ1n) is 9.67. The standard InChI is InChI=1S/C22H23FN2O4/c1-29-19-17(3-2-4-18(19)23)15-5-7-16(8-6-15)20(26)24-11-13-25(14-12-24)21(27)22(28)9-10-22/h2-8,28H,9-14H2,1H3. The van der Waals surface area contributed by atoms with E-state index in [1.807, 2.05) is 0 Å². The van der Waals surface area contributed by atoms with Gasteiger partial charge in [0.2, 0.25) is 0 Å². The summed E-state index contributed by atoms with van der Waals surface area (Å²) >= 11 is 0. The molecule has 2 aliphatic rings. The van der Waals surface area contributed by atoms with Crippen LogP contribution in [-0.2, 0) is 4.79 Å². The van der Waals surface area contributed by atoms with Crippen molar-refractivity contribution in [1.82, 2.24) is 9.80 Å². The molecule has 0 aromatic heterocycles. The highest BCUT2D eigenvalue weighted by Gasteiger charge is 2.50. The molecule has 2 amide bonds. The lowest BCUT2D eigenvalue weighted by Gasteiger charge is -2.35. The maximum Gasteiger partial charge on any atom is 0.254 e. The fourth-order valence-electron chi connectivity index (χ4n) is 3.66. The van der Waals surface area contributed by atoms with E-state index in [0.717, 1.165) is 5.56 Å². The van der Waals surface area contributed by atoms with Crippen LogP contribution in [0, 0.1) is 5.82 Å². The molecule has 0 atom stereocenters. The van der Waals surface area contributed by atoms with E-state index in [2.05, 4.69) is 0 Å². The number of rotatable bonds is 4. The van der Waals surface area contributed by atoms with Gasteiger partial charge in [0.25, 0.3) is 11.8 Å². The van der Waals surface area contributed by atoms with Crippen LogP contribution in [0.25, 0.3) is 11.1 Å². The molecule has 4 rings (SSSR count). The number of ether oxygens (including phenoxy) is 1. The topological polar surface area (TPSA) is 70.1 Å². The average Bonchev–Trinajstić information content (AvgIpc) is 3.51. The van der Waals surface area contributed by atoms with Crippen LogP contribution in [0.4, 0.5) is 4.39 Å². The Labute approximate surface area is 168 Å². The lowest BCUT2D eigenvalue weighted by Crippen LogP contribution is -2.53. The Hall–Kier alpha value is -2.93. The second-order valence-electron chi connectivity index (χ2n) is 7.51. The zero-order chi connectivity index (χ0) is 20.6. The van der Waals surface area contributed by atoms with Gasteiger partial charge in [-0.1, -0.05) is 24.3 Å². The highest BCUT2D eigenvalue weighted by Crippen LogP contribution is 2.37. The van der Waals surface area contributed by atoms with Gasteiger partial charge in [0, 0.05) is 37.3 Å². The van der Waals surface area contributed by atoms with Gasteiger partial charge in [-0.05, 0) is 36.6 Å². The van der Waals surface area contributed by atoms with Crippen LogP contribution in [0.15, 0.2) is 42.5 Å². The van der Waals surface area contributed by atoms with Crippen molar-refractivity contribution in [3.05, 3.63) is 53.8 Å². The molecule has 1 aliphatic carbocycles. The first-order chi connectivity index (χ1) is 13.9. The molecule has 1 N–H and O–H groups in total. The van der Waals surface area contributed by atoms with Crippen molar-refractivity contribution in [2.24, 2.45) is 0 Å². The minimum absolute atomic E-state index is 0.111. The lowest BCUT2D eigenvalue weighted by atomic mass is 10.0. The zero-order valence-corrected chi connectivity index (χ0v) is 16.2. The van der Waals surface area contributed by atoms with Crippen molar-refractivity contribution in [2.75, 3.05) is 33.3 Å². The highest BCUT2D eigenvalue weighted by molar-refractivity contribution is 5.95. The van der Waals surface area contributed by atoms with Crippen molar-refractivity contribution in [2.45, 2.75) is 18.4 Å². The number of carbonyl (C=O) groups is 2. The summed E-state index contributed by atoms with van der Waals surface area (Å²) in [6.07, 6.45) is 1.04. The second-order valence-corrected chi connectivity index (χ2v) is 7.51. The molecule has 7 heteroatoms. The molecule has 6 nitrogen and oxygen atoms in total. The van der Waals surface area contributed by atoms with Gasteiger partial charge in [-0.15, -0.1) is 0 Å². The number of amides is 2. The first kappa shape index (κ1) is 19.4. The number of aliphatic hydroxyl groups is 1. The molecule has 152 valence electrons. The fourth-order valence-corrected chi connectivity index (χ4v) is 3.66. The highest BCUT2D eigenvalue weighted by atomic mass is 19.1. The number of hydrogen-bond acceptors (Lipinski definition) is 4. The number of para-hydroxylation sites is 1. The van der Waals surface area contributed by atoms with E-state index in [0.29, 0.717) is 50.1 Å². The average molecular weight is 398 g/mol.